The van der Waals surface area contributed by atoms with Gasteiger partial charge in [-0.15, -0.1) is 0 Å². The van der Waals surface area contributed by atoms with Crippen molar-refractivity contribution < 1.29 is 4.92 Å². The second-order valence-corrected chi connectivity index (χ2v) is 4.53. The summed E-state index contributed by atoms with van der Waals surface area (Å²) in [6.07, 6.45) is 1.74. The van der Waals surface area contributed by atoms with Gasteiger partial charge in [-0.05, 0) is 37.1 Å². The van der Waals surface area contributed by atoms with Crippen LogP contribution in [0.5, 0.6) is 0 Å². The number of hydrazone groups is 1. The number of hydrogen-bond donors (Lipinski definition) is 1. The lowest BCUT2D eigenvalue weighted by Crippen LogP contribution is -1.94. The van der Waals surface area contributed by atoms with Gasteiger partial charge in [0.25, 0.3) is 5.69 Å². The zero-order chi connectivity index (χ0) is 14.5. The van der Waals surface area contributed by atoms with E-state index < -0.39 is 4.92 Å². The van der Waals surface area contributed by atoms with Crippen LogP contribution in [0.4, 0.5) is 11.4 Å². The van der Waals surface area contributed by atoms with Crippen LogP contribution >= 0.6 is 0 Å². The van der Waals surface area contributed by atoms with Crippen molar-refractivity contribution in [2.45, 2.75) is 13.8 Å². The number of nitro groups is 1. The number of non-ortho nitro benzene ring substituents is 1. The molecule has 20 heavy (non-hydrogen) atoms. The van der Waals surface area contributed by atoms with E-state index >= 15 is 0 Å². The van der Waals surface area contributed by atoms with Crippen molar-refractivity contribution in [2.24, 2.45) is 5.10 Å². The van der Waals surface area contributed by atoms with E-state index in [2.05, 4.69) is 22.7 Å². The van der Waals surface area contributed by atoms with Gasteiger partial charge in [0.15, 0.2) is 0 Å². The van der Waals surface area contributed by atoms with E-state index in [0.29, 0.717) is 5.69 Å². The molecule has 0 aliphatic heterocycles. The fraction of sp³-hybridized carbons (Fsp3) is 0.133. The highest BCUT2D eigenvalue weighted by Gasteiger charge is 2.02. The topological polar surface area (TPSA) is 67.5 Å². The third-order valence-corrected chi connectivity index (χ3v) is 2.91. The van der Waals surface area contributed by atoms with Crippen molar-refractivity contribution in [3.63, 3.8) is 0 Å². The first-order valence-corrected chi connectivity index (χ1v) is 6.17. The first-order chi connectivity index (χ1) is 9.56. The molecule has 0 aliphatic carbocycles. The maximum absolute atomic E-state index is 10.5. The molecule has 0 fully saturated rings. The number of nitro benzene ring substituents is 1. The highest BCUT2D eigenvalue weighted by atomic mass is 16.6. The van der Waals surface area contributed by atoms with Crippen LogP contribution in [-0.4, -0.2) is 11.1 Å². The van der Waals surface area contributed by atoms with Gasteiger partial charge in [-0.25, -0.2) is 0 Å². The number of benzene rings is 2. The summed E-state index contributed by atoms with van der Waals surface area (Å²) in [4.78, 5) is 10.1. The van der Waals surface area contributed by atoms with E-state index in [0.717, 1.165) is 11.1 Å². The normalized spacial score (nSPS) is 10.7. The van der Waals surface area contributed by atoms with Crippen LogP contribution < -0.4 is 5.43 Å². The van der Waals surface area contributed by atoms with Gasteiger partial charge in [0.2, 0.25) is 0 Å². The highest BCUT2D eigenvalue weighted by molar-refractivity contribution is 5.82. The molecule has 2 aromatic rings. The SMILES string of the molecule is Cc1ccc(C)c(/C=N\Nc2ccc([N+](=O)[O-])cc2)c1. The lowest BCUT2D eigenvalue weighted by Gasteiger charge is -2.02. The van der Waals surface area contributed by atoms with Crippen LogP contribution in [0.2, 0.25) is 0 Å². The molecule has 102 valence electrons. The number of rotatable bonds is 4. The molecule has 0 aliphatic rings. The average Bonchev–Trinajstić information content (AvgIpc) is 2.43. The smallest absolute Gasteiger partial charge is 0.269 e. The van der Waals surface area contributed by atoms with Gasteiger partial charge in [-0.3, -0.25) is 15.5 Å². The molecule has 0 aromatic heterocycles. The van der Waals surface area contributed by atoms with Crippen molar-refractivity contribution in [1.29, 1.82) is 0 Å². The summed E-state index contributed by atoms with van der Waals surface area (Å²) in [6, 6.07) is 12.3. The highest BCUT2D eigenvalue weighted by Crippen LogP contribution is 2.15. The van der Waals surface area contributed by atoms with Crippen LogP contribution in [0.3, 0.4) is 0 Å². The Morgan fingerprint density at radius 3 is 2.50 bits per heavy atom. The van der Waals surface area contributed by atoms with E-state index in [-0.39, 0.29) is 5.69 Å². The van der Waals surface area contributed by atoms with Gasteiger partial charge >= 0.3 is 0 Å². The van der Waals surface area contributed by atoms with Gasteiger partial charge in [-0.2, -0.15) is 5.10 Å². The molecular weight excluding hydrogens is 254 g/mol. The fourth-order valence-electron chi connectivity index (χ4n) is 1.73. The molecule has 5 nitrogen and oxygen atoms in total. The minimum absolute atomic E-state index is 0.0639. The first-order valence-electron chi connectivity index (χ1n) is 6.17. The van der Waals surface area contributed by atoms with Crippen LogP contribution in [0, 0.1) is 24.0 Å². The molecule has 1 N–H and O–H groups in total. The zero-order valence-electron chi connectivity index (χ0n) is 11.3. The number of nitrogens with one attached hydrogen (secondary N) is 1. The molecule has 0 radical (unpaired) electrons. The zero-order valence-corrected chi connectivity index (χ0v) is 11.3. The largest absolute Gasteiger partial charge is 0.278 e. The molecule has 0 spiro atoms. The van der Waals surface area contributed by atoms with Crippen molar-refractivity contribution >= 4 is 17.6 Å². The van der Waals surface area contributed by atoms with Crippen LogP contribution in [0.15, 0.2) is 47.6 Å². The van der Waals surface area contributed by atoms with Crippen molar-refractivity contribution in [3.8, 4) is 0 Å². The summed E-state index contributed by atoms with van der Waals surface area (Å²) < 4.78 is 0. The Hall–Kier alpha value is -2.69. The molecule has 0 bridgehead atoms. The predicted molar refractivity (Wildman–Crippen MR) is 80.2 cm³/mol. The number of hydrogen-bond acceptors (Lipinski definition) is 4. The van der Waals surface area contributed by atoms with E-state index in [4.69, 9.17) is 0 Å². The second-order valence-electron chi connectivity index (χ2n) is 4.53. The number of anilines is 1. The molecule has 2 aromatic carbocycles. The lowest BCUT2D eigenvalue weighted by molar-refractivity contribution is -0.384. The average molecular weight is 269 g/mol. The summed E-state index contributed by atoms with van der Waals surface area (Å²) >= 11 is 0. The minimum atomic E-state index is -0.427. The second kappa shape index (κ2) is 5.97. The molecule has 0 amide bonds. The molecule has 0 saturated carbocycles. The van der Waals surface area contributed by atoms with Crippen LogP contribution in [0.1, 0.15) is 16.7 Å². The standard InChI is InChI=1S/C15H15N3O2/c1-11-3-4-12(2)13(9-11)10-16-17-14-5-7-15(8-6-14)18(19)20/h3-10,17H,1-2H3/b16-10-. The fourth-order valence-corrected chi connectivity index (χ4v) is 1.73. The molecule has 5 heteroatoms. The molecular formula is C15H15N3O2. The molecule has 0 unspecified atom stereocenters. The Morgan fingerprint density at radius 1 is 1.15 bits per heavy atom. The molecule has 0 atom stereocenters. The first kappa shape index (κ1) is 13.7. The number of nitrogens with zero attached hydrogens (tertiary/aromatic N) is 2. The number of aryl methyl sites for hydroxylation is 2. The summed E-state index contributed by atoms with van der Waals surface area (Å²) in [6.45, 7) is 4.05. The quantitative estimate of drug-likeness (QED) is 0.523. The Morgan fingerprint density at radius 2 is 1.85 bits per heavy atom. The summed E-state index contributed by atoms with van der Waals surface area (Å²) in [5.41, 5.74) is 6.98. The van der Waals surface area contributed by atoms with E-state index in [1.165, 1.54) is 17.7 Å². The lowest BCUT2D eigenvalue weighted by atomic mass is 10.1. The third-order valence-electron chi connectivity index (χ3n) is 2.91. The molecule has 0 saturated heterocycles. The Bertz CT molecular complexity index is 649. The van der Waals surface area contributed by atoms with E-state index in [1.807, 2.05) is 19.9 Å². The third kappa shape index (κ3) is 3.41. The monoisotopic (exact) mass is 269 g/mol. The summed E-state index contributed by atoms with van der Waals surface area (Å²) in [5, 5.41) is 14.7. The van der Waals surface area contributed by atoms with Crippen molar-refractivity contribution in [1.82, 2.24) is 0 Å². The Labute approximate surface area is 117 Å². The van der Waals surface area contributed by atoms with E-state index in [1.54, 1.807) is 18.3 Å². The predicted octanol–water partition coefficient (Wildman–Crippen LogP) is 3.66. The van der Waals surface area contributed by atoms with Crippen molar-refractivity contribution in [3.05, 3.63) is 69.3 Å². The van der Waals surface area contributed by atoms with E-state index in [9.17, 15) is 10.1 Å². The van der Waals surface area contributed by atoms with Crippen molar-refractivity contribution in [2.75, 3.05) is 5.43 Å². The Balaban J connectivity index is 2.06. The van der Waals surface area contributed by atoms with Gasteiger partial charge in [-0.1, -0.05) is 23.8 Å². The van der Waals surface area contributed by atoms with Gasteiger partial charge < -0.3 is 0 Å². The minimum Gasteiger partial charge on any atom is -0.278 e. The maximum Gasteiger partial charge on any atom is 0.269 e. The summed E-state index contributed by atoms with van der Waals surface area (Å²) in [7, 11) is 0. The van der Waals surface area contributed by atoms with Crippen LogP contribution in [0.25, 0.3) is 0 Å². The van der Waals surface area contributed by atoms with Gasteiger partial charge in [0.05, 0.1) is 16.8 Å². The van der Waals surface area contributed by atoms with Crippen LogP contribution in [-0.2, 0) is 0 Å². The Kier molecular flexibility index (Phi) is 4.10. The van der Waals surface area contributed by atoms with Gasteiger partial charge in [0, 0.05) is 12.1 Å². The molecule has 2 rings (SSSR count). The maximum atomic E-state index is 10.5. The van der Waals surface area contributed by atoms with Gasteiger partial charge in [0.1, 0.15) is 0 Å². The molecule has 0 heterocycles. The summed E-state index contributed by atoms with van der Waals surface area (Å²) in [5.74, 6) is 0.